The Balaban J connectivity index is 1.83. The van der Waals surface area contributed by atoms with Gasteiger partial charge in [0.1, 0.15) is 5.82 Å². The van der Waals surface area contributed by atoms with Crippen molar-refractivity contribution in [3.8, 4) is 5.69 Å². The lowest BCUT2D eigenvalue weighted by molar-refractivity contribution is -0.118. The van der Waals surface area contributed by atoms with Gasteiger partial charge in [0.05, 0.1) is 5.69 Å². The van der Waals surface area contributed by atoms with Gasteiger partial charge in [0.25, 0.3) is 5.91 Å². The van der Waals surface area contributed by atoms with Crippen LogP contribution in [-0.4, -0.2) is 28.1 Å². The van der Waals surface area contributed by atoms with Crippen molar-refractivity contribution in [2.75, 3.05) is 6.54 Å². The molecule has 0 unspecified atom stereocenters. The topological polar surface area (TPSA) is 90.0 Å². The molecular weight excluding hydrogens is 323 g/mol. The molecule has 0 saturated heterocycles. The van der Waals surface area contributed by atoms with E-state index in [1.807, 2.05) is 0 Å². The Bertz CT molecular complexity index is 783. The first-order valence-corrected chi connectivity index (χ1v) is 8.49. The van der Waals surface area contributed by atoms with E-state index in [0.717, 1.165) is 42.6 Å². The molecule has 2 aromatic rings. The van der Waals surface area contributed by atoms with E-state index in [0.29, 0.717) is 18.7 Å². The molecule has 25 heavy (non-hydrogen) atoms. The van der Waals surface area contributed by atoms with E-state index in [9.17, 15) is 14.0 Å². The molecule has 1 aliphatic carbocycles. The van der Waals surface area contributed by atoms with Crippen molar-refractivity contribution in [2.45, 2.75) is 38.5 Å². The van der Waals surface area contributed by atoms with E-state index < -0.39 is 0 Å². The second-order valence-electron chi connectivity index (χ2n) is 6.19. The number of nitrogens with two attached hydrogens (primary N) is 1. The molecule has 0 spiro atoms. The average Bonchev–Trinajstić information content (AvgIpc) is 2.99. The number of hydrogen-bond acceptors (Lipinski definition) is 3. The molecule has 0 bridgehead atoms. The normalized spacial score (nSPS) is 13.3. The highest BCUT2D eigenvalue weighted by molar-refractivity contribution is 5.94. The molecular formula is C18H21FN4O2. The maximum atomic E-state index is 13.2. The zero-order valence-corrected chi connectivity index (χ0v) is 13.9. The Labute approximate surface area is 145 Å². The predicted molar refractivity (Wildman–Crippen MR) is 90.9 cm³/mol. The second-order valence-corrected chi connectivity index (χ2v) is 6.19. The number of carbonyl (C=O) groups excluding carboxylic acids is 2. The molecule has 1 aromatic heterocycles. The summed E-state index contributed by atoms with van der Waals surface area (Å²) in [7, 11) is 0. The lowest BCUT2D eigenvalue weighted by Crippen LogP contribution is -2.27. The van der Waals surface area contributed by atoms with E-state index in [1.54, 1.807) is 16.8 Å². The van der Waals surface area contributed by atoms with Gasteiger partial charge >= 0.3 is 0 Å². The first-order chi connectivity index (χ1) is 12.1. The third kappa shape index (κ3) is 3.87. The lowest BCUT2D eigenvalue weighted by atomic mass is 9.95. The molecule has 1 heterocycles. The quantitative estimate of drug-likeness (QED) is 0.784. The third-order valence-corrected chi connectivity index (χ3v) is 4.35. The van der Waals surface area contributed by atoms with Gasteiger partial charge < -0.3 is 11.1 Å². The van der Waals surface area contributed by atoms with E-state index in [-0.39, 0.29) is 24.1 Å². The summed E-state index contributed by atoms with van der Waals surface area (Å²) in [6, 6.07) is 6.09. The summed E-state index contributed by atoms with van der Waals surface area (Å²) in [4.78, 5) is 23.3. The molecule has 1 aliphatic rings. The third-order valence-electron chi connectivity index (χ3n) is 4.35. The summed E-state index contributed by atoms with van der Waals surface area (Å²) in [5.74, 6) is -0.937. The van der Waals surface area contributed by atoms with Crippen LogP contribution in [-0.2, 0) is 17.6 Å². The van der Waals surface area contributed by atoms with Crippen LogP contribution < -0.4 is 11.1 Å². The first kappa shape index (κ1) is 17.1. The Kier molecular flexibility index (Phi) is 5.11. The van der Waals surface area contributed by atoms with Gasteiger partial charge in [-0.1, -0.05) is 0 Å². The Morgan fingerprint density at radius 3 is 2.64 bits per heavy atom. The van der Waals surface area contributed by atoms with Crippen LogP contribution >= 0.6 is 0 Å². The van der Waals surface area contributed by atoms with Crippen LogP contribution in [0.25, 0.3) is 5.69 Å². The van der Waals surface area contributed by atoms with Crippen LogP contribution in [0.15, 0.2) is 24.3 Å². The van der Waals surface area contributed by atoms with E-state index >= 15 is 0 Å². The number of nitrogens with one attached hydrogen (secondary N) is 1. The van der Waals surface area contributed by atoms with Gasteiger partial charge in [-0.3, -0.25) is 9.59 Å². The van der Waals surface area contributed by atoms with Gasteiger partial charge in [-0.25, -0.2) is 9.07 Å². The van der Waals surface area contributed by atoms with Crippen LogP contribution in [0.2, 0.25) is 0 Å². The number of halogens is 1. The summed E-state index contributed by atoms with van der Waals surface area (Å²) in [6.07, 6.45) is 4.45. The lowest BCUT2D eigenvalue weighted by Gasteiger charge is -2.14. The molecule has 132 valence electrons. The van der Waals surface area contributed by atoms with Gasteiger partial charge in [-0.15, -0.1) is 0 Å². The van der Waals surface area contributed by atoms with Crippen molar-refractivity contribution >= 4 is 11.8 Å². The number of rotatable bonds is 6. The predicted octanol–water partition coefficient (Wildman–Crippen LogP) is 1.89. The number of aromatic nitrogens is 2. The maximum absolute atomic E-state index is 13.2. The SMILES string of the molecule is NC(=O)CCCNC(=O)c1nn(-c2ccc(F)cc2)c2c1CCCC2. The molecule has 0 aliphatic heterocycles. The summed E-state index contributed by atoms with van der Waals surface area (Å²) in [6.45, 7) is 0.375. The summed E-state index contributed by atoms with van der Waals surface area (Å²) < 4.78 is 14.9. The molecule has 0 saturated carbocycles. The molecule has 7 heteroatoms. The minimum absolute atomic E-state index is 0.238. The monoisotopic (exact) mass is 344 g/mol. The Hall–Kier alpha value is -2.70. The highest BCUT2D eigenvalue weighted by Gasteiger charge is 2.25. The highest BCUT2D eigenvalue weighted by atomic mass is 19.1. The number of primary amides is 1. The number of nitrogens with zero attached hydrogens (tertiary/aromatic N) is 2. The van der Waals surface area contributed by atoms with Gasteiger partial charge in [-0.2, -0.15) is 5.10 Å². The molecule has 0 radical (unpaired) electrons. The molecule has 0 fully saturated rings. The maximum Gasteiger partial charge on any atom is 0.272 e. The Morgan fingerprint density at radius 2 is 1.92 bits per heavy atom. The van der Waals surface area contributed by atoms with Crippen LogP contribution in [0.4, 0.5) is 4.39 Å². The van der Waals surface area contributed by atoms with Crippen molar-refractivity contribution in [1.82, 2.24) is 15.1 Å². The summed E-state index contributed by atoms with van der Waals surface area (Å²) in [5, 5.41) is 7.29. The van der Waals surface area contributed by atoms with Crippen LogP contribution in [0.5, 0.6) is 0 Å². The fourth-order valence-corrected chi connectivity index (χ4v) is 3.13. The van der Waals surface area contributed by atoms with Gasteiger partial charge in [0.2, 0.25) is 5.91 Å². The molecule has 3 rings (SSSR count). The minimum atomic E-state index is -0.382. The average molecular weight is 344 g/mol. The van der Waals surface area contributed by atoms with Crippen molar-refractivity contribution < 1.29 is 14.0 Å². The standard InChI is InChI=1S/C18H21FN4O2/c19-12-7-9-13(10-8-12)23-15-5-2-1-4-14(15)17(22-23)18(25)21-11-3-6-16(20)24/h7-10H,1-6,11H2,(H2,20,24)(H,21,25). The second kappa shape index (κ2) is 7.46. The van der Waals surface area contributed by atoms with E-state index in [4.69, 9.17) is 5.73 Å². The van der Waals surface area contributed by atoms with Crippen molar-refractivity contribution in [2.24, 2.45) is 5.73 Å². The fourth-order valence-electron chi connectivity index (χ4n) is 3.13. The Morgan fingerprint density at radius 1 is 1.20 bits per heavy atom. The van der Waals surface area contributed by atoms with Gasteiger partial charge in [0.15, 0.2) is 5.69 Å². The van der Waals surface area contributed by atoms with Gasteiger partial charge in [0, 0.05) is 24.2 Å². The van der Waals surface area contributed by atoms with Crippen LogP contribution in [0, 0.1) is 5.82 Å². The number of fused-ring (bicyclic) bond motifs is 1. The molecule has 1 aromatic carbocycles. The summed E-state index contributed by atoms with van der Waals surface area (Å²) >= 11 is 0. The summed E-state index contributed by atoms with van der Waals surface area (Å²) in [5.41, 5.74) is 8.23. The molecule has 6 nitrogen and oxygen atoms in total. The molecule has 3 N–H and O–H groups in total. The number of carbonyl (C=O) groups is 2. The smallest absolute Gasteiger partial charge is 0.272 e. The largest absolute Gasteiger partial charge is 0.370 e. The minimum Gasteiger partial charge on any atom is -0.370 e. The zero-order chi connectivity index (χ0) is 17.8. The fraction of sp³-hybridized carbons (Fsp3) is 0.389. The first-order valence-electron chi connectivity index (χ1n) is 8.49. The van der Waals surface area contributed by atoms with Crippen LogP contribution in [0.1, 0.15) is 47.4 Å². The van der Waals surface area contributed by atoms with Crippen molar-refractivity contribution in [3.63, 3.8) is 0 Å². The van der Waals surface area contributed by atoms with Crippen molar-refractivity contribution in [1.29, 1.82) is 0 Å². The number of hydrogen-bond donors (Lipinski definition) is 2. The van der Waals surface area contributed by atoms with Gasteiger partial charge in [-0.05, 0) is 56.4 Å². The highest BCUT2D eigenvalue weighted by Crippen LogP contribution is 2.27. The number of benzene rings is 1. The molecule has 2 amide bonds. The molecule has 0 atom stereocenters. The van der Waals surface area contributed by atoms with E-state index in [2.05, 4.69) is 10.4 Å². The van der Waals surface area contributed by atoms with Crippen molar-refractivity contribution in [3.05, 3.63) is 47.0 Å². The zero-order valence-electron chi connectivity index (χ0n) is 13.9. The number of amides is 2. The van der Waals surface area contributed by atoms with Crippen LogP contribution in [0.3, 0.4) is 0 Å². The van der Waals surface area contributed by atoms with E-state index in [1.165, 1.54) is 12.1 Å².